The molecule has 0 atom stereocenters. The minimum atomic E-state index is -0.314. The van der Waals surface area contributed by atoms with Crippen LogP contribution in [0.4, 0.5) is 4.39 Å². The lowest BCUT2D eigenvalue weighted by Crippen LogP contribution is -2.18. The summed E-state index contributed by atoms with van der Waals surface area (Å²) in [4.78, 5) is 0. The van der Waals surface area contributed by atoms with Crippen LogP contribution in [0.5, 0.6) is 5.75 Å². The van der Waals surface area contributed by atoms with Crippen LogP contribution in [-0.2, 0) is 11.3 Å². The number of halogens is 2. The molecule has 1 aromatic carbocycles. The monoisotopic (exact) mass is 273 g/mol. The summed E-state index contributed by atoms with van der Waals surface area (Å²) in [6, 6.07) is 4.62. The normalized spacial score (nSPS) is 11.1. The van der Waals surface area contributed by atoms with E-state index in [0.29, 0.717) is 25.5 Å². The van der Waals surface area contributed by atoms with Crippen LogP contribution in [0.3, 0.4) is 0 Å². The van der Waals surface area contributed by atoms with Gasteiger partial charge in [0.1, 0.15) is 18.2 Å². The SMILES string of the molecule is COCCNCc1cc(F)cc(OC/C=C/Cl)c1. The van der Waals surface area contributed by atoms with E-state index in [4.69, 9.17) is 21.1 Å². The molecular formula is C13H17ClFNO2. The van der Waals surface area contributed by atoms with Crippen LogP contribution < -0.4 is 10.1 Å². The first-order chi connectivity index (χ1) is 8.76. The number of nitrogens with one attached hydrogen (secondary N) is 1. The number of benzene rings is 1. The summed E-state index contributed by atoms with van der Waals surface area (Å²) in [7, 11) is 1.64. The van der Waals surface area contributed by atoms with E-state index in [1.54, 1.807) is 19.3 Å². The number of ether oxygens (including phenoxy) is 2. The second kappa shape index (κ2) is 8.91. The topological polar surface area (TPSA) is 30.5 Å². The van der Waals surface area contributed by atoms with Crippen molar-refractivity contribution in [2.24, 2.45) is 0 Å². The molecule has 0 radical (unpaired) electrons. The molecule has 1 rings (SSSR count). The molecule has 0 aliphatic rings. The van der Waals surface area contributed by atoms with E-state index >= 15 is 0 Å². The fraction of sp³-hybridized carbons (Fsp3) is 0.385. The summed E-state index contributed by atoms with van der Waals surface area (Å²) in [5.74, 6) is 0.180. The Balaban J connectivity index is 2.51. The van der Waals surface area contributed by atoms with E-state index in [-0.39, 0.29) is 5.82 Å². The molecule has 5 heteroatoms. The molecular weight excluding hydrogens is 257 g/mol. The summed E-state index contributed by atoms with van der Waals surface area (Å²) in [6.07, 6.45) is 1.64. The van der Waals surface area contributed by atoms with E-state index < -0.39 is 0 Å². The molecule has 1 N–H and O–H groups in total. The molecule has 0 bridgehead atoms. The van der Waals surface area contributed by atoms with Crippen LogP contribution >= 0.6 is 11.6 Å². The summed E-state index contributed by atoms with van der Waals surface area (Å²) >= 11 is 5.37. The highest BCUT2D eigenvalue weighted by molar-refractivity contribution is 6.25. The van der Waals surface area contributed by atoms with Gasteiger partial charge in [-0.25, -0.2) is 4.39 Å². The molecule has 100 valence electrons. The Kier molecular flexibility index (Phi) is 7.41. The molecule has 0 saturated carbocycles. The van der Waals surface area contributed by atoms with Gasteiger partial charge in [-0.1, -0.05) is 11.6 Å². The van der Waals surface area contributed by atoms with Crippen LogP contribution in [0.1, 0.15) is 5.56 Å². The van der Waals surface area contributed by atoms with E-state index in [0.717, 1.165) is 12.1 Å². The van der Waals surface area contributed by atoms with Gasteiger partial charge < -0.3 is 14.8 Å². The Hall–Kier alpha value is -1.10. The van der Waals surface area contributed by atoms with Crippen molar-refractivity contribution in [3.05, 3.63) is 41.2 Å². The molecule has 3 nitrogen and oxygen atoms in total. The summed E-state index contributed by atoms with van der Waals surface area (Å²) in [5.41, 5.74) is 2.20. The summed E-state index contributed by atoms with van der Waals surface area (Å²) in [6.45, 7) is 2.24. The second-order valence-corrected chi connectivity index (χ2v) is 3.89. The van der Waals surface area contributed by atoms with Gasteiger partial charge in [-0.15, -0.1) is 0 Å². The highest BCUT2D eigenvalue weighted by Gasteiger charge is 2.01. The molecule has 0 aliphatic carbocycles. The van der Waals surface area contributed by atoms with Crippen molar-refractivity contribution in [3.63, 3.8) is 0 Å². The highest BCUT2D eigenvalue weighted by Crippen LogP contribution is 2.16. The Bertz CT molecular complexity index is 385. The van der Waals surface area contributed by atoms with Crippen molar-refractivity contribution >= 4 is 11.6 Å². The average molecular weight is 274 g/mol. The zero-order chi connectivity index (χ0) is 13.2. The number of methoxy groups -OCH3 is 1. The van der Waals surface area contributed by atoms with Crippen molar-refractivity contribution in [2.45, 2.75) is 6.54 Å². The van der Waals surface area contributed by atoms with Gasteiger partial charge in [-0.05, 0) is 23.8 Å². The molecule has 0 spiro atoms. The van der Waals surface area contributed by atoms with Crippen molar-refractivity contribution in [1.82, 2.24) is 5.32 Å². The minimum absolute atomic E-state index is 0.314. The van der Waals surface area contributed by atoms with Gasteiger partial charge in [-0.3, -0.25) is 0 Å². The molecule has 0 fully saturated rings. The van der Waals surface area contributed by atoms with Crippen molar-refractivity contribution < 1.29 is 13.9 Å². The van der Waals surface area contributed by atoms with Crippen molar-refractivity contribution in [3.8, 4) is 5.75 Å². The van der Waals surface area contributed by atoms with E-state index in [1.165, 1.54) is 17.7 Å². The fourth-order valence-electron chi connectivity index (χ4n) is 1.39. The summed E-state index contributed by atoms with van der Waals surface area (Å²) < 4.78 is 23.6. The molecule has 0 saturated heterocycles. The zero-order valence-corrected chi connectivity index (χ0v) is 11.0. The van der Waals surface area contributed by atoms with Crippen LogP contribution in [0.2, 0.25) is 0 Å². The first kappa shape index (κ1) is 15.0. The number of hydrogen-bond donors (Lipinski definition) is 1. The van der Waals surface area contributed by atoms with Crippen molar-refractivity contribution in [2.75, 3.05) is 26.9 Å². The molecule has 1 aromatic rings. The lowest BCUT2D eigenvalue weighted by molar-refractivity contribution is 0.199. The molecule has 18 heavy (non-hydrogen) atoms. The Morgan fingerprint density at radius 2 is 2.22 bits per heavy atom. The maximum Gasteiger partial charge on any atom is 0.127 e. The standard InChI is InChI=1S/C13H17ClFNO2/c1-17-6-4-16-10-11-7-12(15)9-13(8-11)18-5-2-3-14/h2-3,7-9,16H,4-6,10H2,1H3/b3-2+. The van der Waals surface area contributed by atoms with Crippen LogP contribution in [0.25, 0.3) is 0 Å². The van der Waals surface area contributed by atoms with E-state index in [2.05, 4.69) is 5.32 Å². The zero-order valence-electron chi connectivity index (χ0n) is 10.3. The Morgan fingerprint density at radius 3 is 2.94 bits per heavy atom. The predicted octanol–water partition coefficient (Wildman–Crippen LogP) is 2.69. The van der Waals surface area contributed by atoms with Crippen LogP contribution in [0.15, 0.2) is 29.8 Å². The third kappa shape index (κ3) is 6.00. The third-order valence-electron chi connectivity index (χ3n) is 2.18. The quantitative estimate of drug-likeness (QED) is 0.739. The van der Waals surface area contributed by atoms with Gasteiger partial charge in [0.05, 0.1) is 6.61 Å². The maximum atomic E-state index is 13.3. The third-order valence-corrected chi connectivity index (χ3v) is 2.36. The van der Waals surface area contributed by atoms with Crippen LogP contribution in [0, 0.1) is 5.82 Å². The van der Waals surface area contributed by atoms with E-state index in [9.17, 15) is 4.39 Å². The predicted molar refractivity (Wildman–Crippen MR) is 70.5 cm³/mol. The number of hydrogen-bond acceptors (Lipinski definition) is 3. The molecule has 0 unspecified atom stereocenters. The van der Waals surface area contributed by atoms with E-state index in [1.807, 2.05) is 0 Å². The average Bonchev–Trinajstić information content (AvgIpc) is 2.34. The highest BCUT2D eigenvalue weighted by atomic mass is 35.5. The molecule has 0 aliphatic heterocycles. The van der Waals surface area contributed by atoms with Gasteiger partial charge in [0, 0.05) is 31.8 Å². The Labute approximate surface area is 112 Å². The minimum Gasteiger partial charge on any atom is -0.489 e. The fourth-order valence-corrected chi connectivity index (χ4v) is 1.47. The largest absolute Gasteiger partial charge is 0.489 e. The van der Waals surface area contributed by atoms with Gasteiger partial charge in [0.2, 0.25) is 0 Å². The van der Waals surface area contributed by atoms with Crippen LogP contribution in [-0.4, -0.2) is 26.9 Å². The Morgan fingerprint density at radius 1 is 1.39 bits per heavy atom. The second-order valence-electron chi connectivity index (χ2n) is 3.64. The smallest absolute Gasteiger partial charge is 0.127 e. The lowest BCUT2D eigenvalue weighted by Gasteiger charge is -2.08. The van der Waals surface area contributed by atoms with Crippen molar-refractivity contribution in [1.29, 1.82) is 0 Å². The first-order valence-electron chi connectivity index (χ1n) is 5.63. The summed E-state index contributed by atoms with van der Waals surface area (Å²) in [5, 5.41) is 3.14. The number of rotatable bonds is 8. The molecule has 0 aromatic heterocycles. The van der Waals surface area contributed by atoms with Gasteiger partial charge in [0.25, 0.3) is 0 Å². The first-order valence-corrected chi connectivity index (χ1v) is 6.07. The maximum absolute atomic E-state index is 13.3. The molecule has 0 heterocycles. The lowest BCUT2D eigenvalue weighted by atomic mass is 10.2. The van der Waals surface area contributed by atoms with Gasteiger partial charge >= 0.3 is 0 Å². The van der Waals surface area contributed by atoms with Gasteiger partial charge in [0.15, 0.2) is 0 Å². The molecule has 0 amide bonds. The van der Waals surface area contributed by atoms with Gasteiger partial charge in [-0.2, -0.15) is 0 Å².